The minimum Gasteiger partial charge on any atom is -0.465 e. The van der Waals surface area contributed by atoms with Gasteiger partial charge in [-0.15, -0.1) is 0 Å². The lowest BCUT2D eigenvalue weighted by Gasteiger charge is -2.04. The Morgan fingerprint density at radius 3 is 2.46 bits per heavy atom. The van der Waals surface area contributed by atoms with Gasteiger partial charge in [0.25, 0.3) is 0 Å². The highest BCUT2D eigenvalue weighted by molar-refractivity contribution is 9.13. The van der Waals surface area contributed by atoms with E-state index in [9.17, 15) is 4.79 Å². The highest BCUT2D eigenvalue weighted by Crippen LogP contribution is 2.30. The van der Waals surface area contributed by atoms with Crippen LogP contribution in [-0.2, 0) is 4.74 Å². The molecule has 0 aliphatic carbocycles. The van der Waals surface area contributed by atoms with Crippen LogP contribution in [0, 0.1) is 0 Å². The van der Waals surface area contributed by atoms with Crippen LogP contribution in [0.3, 0.4) is 0 Å². The van der Waals surface area contributed by atoms with Crippen molar-refractivity contribution < 1.29 is 9.53 Å². The summed E-state index contributed by atoms with van der Waals surface area (Å²) in [5, 5.41) is 0. The Balaban J connectivity index is 3.28. The van der Waals surface area contributed by atoms with E-state index in [1.165, 1.54) is 7.11 Å². The number of ether oxygens (including phenoxy) is 1. The molecule has 0 aromatic heterocycles. The second kappa shape index (κ2) is 4.57. The van der Waals surface area contributed by atoms with Crippen LogP contribution in [0.1, 0.15) is 10.4 Å². The van der Waals surface area contributed by atoms with Gasteiger partial charge < -0.3 is 4.74 Å². The van der Waals surface area contributed by atoms with E-state index < -0.39 is 0 Å². The lowest BCUT2D eigenvalue weighted by molar-refractivity contribution is 0.0599. The Labute approximate surface area is 101 Å². The summed E-state index contributed by atoms with van der Waals surface area (Å²) in [6.45, 7) is 0. The number of carbonyl (C=O) groups excluding carboxylic acids is 1. The van der Waals surface area contributed by atoms with Crippen LogP contribution in [0.15, 0.2) is 25.6 Å². The van der Waals surface area contributed by atoms with Crippen molar-refractivity contribution in [3.63, 3.8) is 0 Å². The Morgan fingerprint density at radius 2 is 1.92 bits per heavy atom. The number of rotatable bonds is 1. The van der Waals surface area contributed by atoms with Crippen LogP contribution in [-0.4, -0.2) is 13.1 Å². The van der Waals surface area contributed by atoms with Gasteiger partial charge in [-0.25, -0.2) is 4.79 Å². The van der Waals surface area contributed by atoms with Crippen LogP contribution < -0.4 is 0 Å². The normalized spacial score (nSPS) is 9.85. The molecule has 0 bridgehead atoms. The first kappa shape index (κ1) is 11.2. The molecule has 1 rings (SSSR count). The van der Waals surface area contributed by atoms with Crippen molar-refractivity contribution in [1.82, 2.24) is 0 Å². The zero-order chi connectivity index (χ0) is 10.0. The van der Waals surface area contributed by atoms with Gasteiger partial charge >= 0.3 is 5.97 Å². The summed E-state index contributed by atoms with van der Waals surface area (Å²) < 4.78 is 6.94. The molecular formula is C8H5Br3O2. The topological polar surface area (TPSA) is 26.3 Å². The van der Waals surface area contributed by atoms with Crippen molar-refractivity contribution in [2.45, 2.75) is 0 Å². The van der Waals surface area contributed by atoms with Crippen LogP contribution in [0.25, 0.3) is 0 Å². The maximum absolute atomic E-state index is 11.2. The van der Waals surface area contributed by atoms with Gasteiger partial charge in [-0.3, -0.25) is 0 Å². The maximum atomic E-state index is 11.2. The summed E-state index contributed by atoms with van der Waals surface area (Å²) >= 11 is 9.88. The van der Waals surface area contributed by atoms with Crippen molar-refractivity contribution >= 4 is 53.8 Å². The fourth-order valence-electron chi connectivity index (χ4n) is 0.814. The molecule has 0 heterocycles. The molecule has 1 aromatic rings. The zero-order valence-electron chi connectivity index (χ0n) is 6.61. The highest BCUT2D eigenvalue weighted by atomic mass is 79.9. The molecule has 0 radical (unpaired) electrons. The third kappa shape index (κ3) is 2.54. The average molecular weight is 373 g/mol. The van der Waals surface area contributed by atoms with E-state index in [1.807, 2.05) is 6.07 Å². The Bertz CT molecular complexity index is 349. The lowest BCUT2D eigenvalue weighted by atomic mass is 10.2. The van der Waals surface area contributed by atoms with E-state index in [4.69, 9.17) is 0 Å². The van der Waals surface area contributed by atoms with Gasteiger partial charge in [0.05, 0.1) is 12.7 Å². The van der Waals surface area contributed by atoms with E-state index in [1.54, 1.807) is 6.07 Å². The number of methoxy groups -OCH3 is 1. The molecule has 13 heavy (non-hydrogen) atoms. The molecule has 0 saturated heterocycles. The van der Waals surface area contributed by atoms with E-state index in [-0.39, 0.29) is 5.97 Å². The summed E-state index contributed by atoms with van der Waals surface area (Å²) in [5.41, 5.74) is 0.490. The fraction of sp³-hybridized carbons (Fsp3) is 0.125. The Kier molecular flexibility index (Phi) is 3.94. The minimum atomic E-state index is -0.367. The predicted molar refractivity (Wildman–Crippen MR) is 60.9 cm³/mol. The first-order valence-electron chi connectivity index (χ1n) is 3.29. The molecule has 2 nitrogen and oxygen atoms in total. The van der Waals surface area contributed by atoms with Gasteiger partial charge in [0.2, 0.25) is 0 Å². The lowest BCUT2D eigenvalue weighted by Crippen LogP contribution is -2.02. The molecule has 0 saturated carbocycles. The number of halogens is 3. The summed E-state index contributed by atoms with van der Waals surface area (Å²) in [6, 6.07) is 3.54. The van der Waals surface area contributed by atoms with Gasteiger partial charge in [0, 0.05) is 13.4 Å². The summed E-state index contributed by atoms with van der Waals surface area (Å²) in [6.07, 6.45) is 0. The van der Waals surface area contributed by atoms with E-state index in [0.717, 1.165) is 8.95 Å². The van der Waals surface area contributed by atoms with Crippen LogP contribution in [0.5, 0.6) is 0 Å². The first-order chi connectivity index (χ1) is 6.06. The second-order valence-corrected chi connectivity index (χ2v) is 4.80. The zero-order valence-corrected chi connectivity index (χ0v) is 11.4. The van der Waals surface area contributed by atoms with E-state index in [0.29, 0.717) is 10.0 Å². The molecule has 0 amide bonds. The quantitative estimate of drug-likeness (QED) is 0.554. The minimum absolute atomic E-state index is 0.367. The van der Waals surface area contributed by atoms with Crippen molar-refractivity contribution in [1.29, 1.82) is 0 Å². The van der Waals surface area contributed by atoms with Crippen LogP contribution in [0.4, 0.5) is 0 Å². The largest absolute Gasteiger partial charge is 0.465 e. The van der Waals surface area contributed by atoms with Crippen molar-refractivity contribution in [2.75, 3.05) is 7.11 Å². The number of hydrogen-bond acceptors (Lipinski definition) is 2. The van der Waals surface area contributed by atoms with Crippen LogP contribution in [0.2, 0.25) is 0 Å². The third-order valence-electron chi connectivity index (χ3n) is 1.40. The number of carbonyl (C=O) groups is 1. The predicted octanol–water partition coefficient (Wildman–Crippen LogP) is 3.76. The molecule has 70 valence electrons. The van der Waals surface area contributed by atoms with Gasteiger partial charge in [0.1, 0.15) is 0 Å². The van der Waals surface area contributed by atoms with Gasteiger partial charge in [-0.1, -0.05) is 15.9 Å². The van der Waals surface area contributed by atoms with Crippen molar-refractivity contribution in [2.24, 2.45) is 0 Å². The molecule has 0 atom stereocenters. The maximum Gasteiger partial charge on any atom is 0.339 e. The molecular weight excluding hydrogens is 368 g/mol. The van der Waals surface area contributed by atoms with Crippen LogP contribution >= 0.6 is 47.8 Å². The summed E-state index contributed by atoms with van der Waals surface area (Å²) in [7, 11) is 1.35. The molecule has 0 N–H and O–H groups in total. The fourth-order valence-corrected chi connectivity index (χ4v) is 2.43. The van der Waals surface area contributed by atoms with E-state index in [2.05, 4.69) is 52.5 Å². The summed E-state index contributed by atoms with van der Waals surface area (Å²) in [4.78, 5) is 11.2. The van der Waals surface area contributed by atoms with Crippen molar-refractivity contribution in [3.05, 3.63) is 31.1 Å². The summed E-state index contributed by atoms with van der Waals surface area (Å²) in [5.74, 6) is -0.367. The number of hydrogen-bond donors (Lipinski definition) is 0. The Hall–Kier alpha value is 0.130. The number of esters is 1. The monoisotopic (exact) mass is 370 g/mol. The molecule has 0 unspecified atom stereocenters. The molecule has 0 aliphatic heterocycles. The molecule has 0 aliphatic rings. The third-order valence-corrected chi connectivity index (χ3v) is 3.87. The van der Waals surface area contributed by atoms with Gasteiger partial charge in [0.15, 0.2) is 0 Å². The smallest absolute Gasteiger partial charge is 0.339 e. The molecule has 1 aromatic carbocycles. The molecule has 0 fully saturated rings. The van der Waals surface area contributed by atoms with Crippen molar-refractivity contribution in [3.8, 4) is 0 Å². The molecule has 0 spiro atoms. The van der Waals surface area contributed by atoms with Gasteiger partial charge in [-0.2, -0.15) is 0 Å². The standard InChI is InChI=1S/C8H5Br3O2/c1-13-8(12)5-2-4(9)3-6(10)7(5)11/h2-3H,1H3. The number of benzene rings is 1. The first-order valence-corrected chi connectivity index (χ1v) is 5.67. The Morgan fingerprint density at radius 1 is 1.31 bits per heavy atom. The van der Waals surface area contributed by atoms with E-state index >= 15 is 0 Å². The molecule has 5 heteroatoms. The average Bonchev–Trinajstić information content (AvgIpc) is 2.10. The highest BCUT2D eigenvalue weighted by Gasteiger charge is 2.13. The second-order valence-electron chi connectivity index (χ2n) is 2.24. The van der Waals surface area contributed by atoms with Gasteiger partial charge in [-0.05, 0) is 44.0 Å². The SMILES string of the molecule is COC(=O)c1cc(Br)cc(Br)c1Br.